The first-order chi connectivity index (χ1) is 8.26. The van der Waals surface area contributed by atoms with Gasteiger partial charge in [0.15, 0.2) is 0 Å². The first-order valence-electron chi connectivity index (χ1n) is 5.71. The van der Waals surface area contributed by atoms with Crippen molar-refractivity contribution in [2.45, 2.75) is 39.5 Å². The van der Waals surface area contributed by atoms with Gasteiger partial charge in [0.1, 0.15) is 5.60 Å². The van der Waals surface area contributed by atoms with Crippen LogP contribution in [0.1, 0.15) is 31.9 Å². The lowest BCUT2D eigenvalue weighted by Crippen LogP contribution is -2.33. The molecule has 0 atom stereocenters. The zero-order chi connectivity index (χ0) is 13.5. The van der Waals surface area contributed by atoms with Crippen molar-refractivity contribution in [2.24, 2.45) is 0 Å². The molecule has 1 heterocycles. The standard InChI is InChI=1S/C13H15Cl2NO2/c1-13(2,3)18-12(17)16-6-8-4-9(14)5-11(15)10(8)7-16/h4-5H,6-7H2,1-3H3. The molecule has 18 heavy (non-hydrogen) atoms. The van der Waals surface area contributed by atoms with Gasteiger partial charge in [-0.2, -0.15) is 0 Å². The summed E-state index contributed by atoms with van der Waals surface area (Å²) in [5, 5.41) is 1.19. The van der Waals surface area contributed by atoms with E-state index >= 15 is 0 Å². The van der Waals surface area contributed by atoms with Crippen LogP contribution in [0.15, 0.2) is 12.1 Å². The van der Waals surface area contributed by atoms with Crippen molar-refractivity contribution in [3.05, 3.63) is 33.3 Å². The Balaban J connectivity index is 2.15. The quantitative estimate of drug-likeness (QED) is 0.714. The fourth-order valence-corrected chi connectivity index (χ4v) is 2.48. The Bertz CT molecular complexity index is 494. The van der Waals surface area contributed by atoms with Gasteiger partial charge in [-0.25, -0.2) is 4.79 Å². The van der Waals surface area contributed by atoms with Crippen LogP contribution >= 0.6 is 23.2 Å². The molecule has 0 bridgehead atoms. The zero-order valence-electron chi connectivity index (χ0n) is 10.6. The number of hydrogen-bond acceptors (Lipinski definition) is 2. The number of nitrogens with zero attached hydrogens (tertiary/aromatic N) is 1. The van der Waals surface area contributed by atoms with E-state index in [-0.39, 0.29) is 6.09 Å². The minimum Gasteiger partial charge on any atom is -0.444 e. The van der Waals surface area contributed by atoms with Crippen molar-refractivity contribution < 1.29 is 9.53 Å². The zero-order valence-corrected chi connectivity index (χ0v) is 12.1. The molecule has 1 aromatic rings. The topological polar surface area (TPSA) is 29.5 Å². The molecule has 98 valence electrons. The fraction of sp³-hybridized carbons (Fsp3) is 0.462. The summed E-state index contributed by atoms with van der Waals surface area (Å²) in [4.78, 5) is 13.6. The number of fused-ring (bicyclic) bond motifs is 1. The van der Waals surface area contributed by atoms with Crippen molar-refractivity contribution >= 4 is 29.3 Å². The molecule has 0 saturated heterocycles. The lowest BCUT2D eigenvalue weighted by Gasteiger charge is -2.24. The average molecular weight is 288 g/mol. The number of carbonyl (C=O) groups is 1. The second-order valence-electron chi connectivity index (χ2n) is 5.36. The number of amides is 1. The normalized spacial score (nSPS) is 14.6. The van der Waals surface area contributed by atoms with Crippen molar-refractivity contribution in [3.63, 3.8) is 0 Å². The highest BCUT2D eigenvalue weighted by Gasteiger charge is 2.29. The predicted molar refractivity (Wildman–Crippen MR) is 71.9 cm³/mol. The Morgan fingerprint density at radius 3 is 2.56 bits per heavy atom. The largest absolute Gasteiger partial charge is 0.444 e. The molecule has 0 N–H and O–H groups in total. The number of hydrogen-bond donors (Lipinski definition) is 0. The number of rotatable bonds is 0. The van der Waals surface area contributed by atoms with E-state index in [1.807, 2.05) is 26.8 Å². The molecule has 1 aliphatic rings. The van der Waals surface area contributed by atoms with Gasteiger partial charge in [0.25, 0.3) is 0 Å². The third kappa shape index (κ3) is 2.90. The highest BCUT2D eigenvalue weighted by Crippen LogP contribution is 2.32. The van der Waals surface area contributed by atoms with E-state index in [4.69, 9.17) is 27.9 Å². The van der Waals surface area contributed by atoms with E-state index in [9.17, 15) is 4.79 Å². The predicted octanol–water partition coefficient (Wildman–Crippen LogP) is 4.24. The van der Waals surface area contributed by atoms with Crippen molar-refractivity contribution in [1.82, 2.24) is 4.90 Å². The van der Waals surface area contributed by atoms with Crippen LogP contribution in [0.2, 0.25) is 10.0 Å². The molecule has 0 aliphatic carbocycles. The van der Waals surface area contributed by atoms with E-state index in [1.54, 1.807) is 11.0 Å². The van der Waals surface area contributed by atoms with E-state index in [2.05, 4.69) is 0 Å². The van der Waals surface area contributed by atoms with Crippen LogP contribution in [0.5, 0.6) is 0 Å². The number of ether oxygens (including phenoxy) is 1. The maximum absolute atomic E-state index is 12.0. The van der Waals surface area contributed by atoms with E-state index < -0.39 is 5.60 Å². The summed E-state index contributed by atoms with van der Waals surface area (Å²) in [6.45, 7) is 6.50. The number of benzene rings is 1. The van der Waals surface area contributed by atoms with Crippen molar-refractivity contribution in [3.8, 4) is 0 Å². The smallest absolute Gasteiger partial charge is 0.410 e. The molecule has 1 aromatic carbocycles. The van der Waals surface area contributed by atoms with Crippen LogP contribution in [0, 0.1) is 0 Å². The molecular formula is C13H15Cl2NO2. The molecule has 5 heteroatoms. The van der Waals surface area contributed by atoms with Crippen LogP contribution in [-0.2, 0) is 17.8 Å². The molecule has 3 nitrogen and oxygen atoms in total. The second-order valence-corrected chi connectivity index (χ2v) is 6.21. The molecule has 0 saturated carbocycles. The third-order valence-corrected chi connectivity index (χ3v) is 3.17. The van der Waals surface area contributed by atoms with E-state index in [0.29, 0.717) is 23.1 Å². The average Bonchev–Trinajstić information content (AvgIpc) is 2.58. The lowest BCUT2D eigenvalue weighted by molar-refractivity contribution is 0.0242. The van der Waals surface area contributed by atoms with Crippen LogP contribution in [-0.4, -0.2) is 16.6 Å². The third-order valence-electron chi connectivity index (χ3n) is 2.61. The fourth-order valence-electron chi connectivity index (χ4n) is 1.88. The monoisotopic (exact) mass is 287 g/mol. The van der Waals surface area contributed by atoms with Gasteiger partial charge in [0, 0.05) is 16.6 Å². The minimum atomic E-state index is -0.493. The summed E-state index contributed by atoms with van der Waals surface area (Å²) in [5.74, 6) is 0. The van der Waals surface area contributed by atoms with Gasteiger partial charge in [-0.3, -0.25) is 4.90 Å². The molecule has 0 radical (unpaired) electrons. The molecular weight excluding hydrogens is 273 g/mol. The molecule has 1 amide bonds. The SMILES string of the molecule is CC(C)(C)OC(=O)N1Cc2cc(Cl)cc(Cl)c2C1. The molecule has 0 unspecified atom stereocenters. The Labute approximate surface area is 117 Å². The van der Waals surface area contributed by atoms with Gasteiger partial charge in [0.05, 0.1) is 6.54 Å². The number of carbonyl (C=O) groups excluding carboxylic acids is 1. The molecule has 0 spiro atoms. The van der Waals surface area contributed by atoms with E-state index in [0.717, 1.165) is 11.1 Å². The summed E-state index contributed by atoms with van der Waals surface area (Å²) in [7, 11) is 0. The van der Waals surface area contributed by atoms with E-state index in [1.165, 1.54) is 0 Å². The van der Waals surface area contributed by atoms with Crippen LogP contribution in [0.25, 0.3) is 0 Å². The molecule has 1 aliphatic heterocycles. The summed E-state index contributed by atoms with van der Waals surface area (Å²) in [6.07, 6.45) is -0.328. The maximum Gasteiger partial charge on any atom is 0.410 e. The highest BCUT2D eigenvalue weighted by molar-refractivity contribution is 6.35. The molecule has 0 fully saturated rings. The van der Waals surface area contributed by atoms with Crippen LogP contribution in [0.4, 0.5) is 4.79 Å². The lowest BCUT2D eigenvalue weighted by atomic mass is 10.1. The van der Waals surface area contributed by atoms with Gasteiger partial charge in [-0.1, -0.05) is 23.2 Å². The van der Waals surface area contributed by atoms with Gasteiger partial charge >= 0.3 is 6.09 Å². The summed E-state index contributed by atoms with van der Waals surface area (Å²) in [5.41, 5.74) is 1.44. The summed E-state index contributed by atoms with van der Waals surface area (Å²) in [6, 6.07) is 3.54. The summed E-state index contributed by atoms with van der Waals surface area (Å²) < 4.78 is 5.33. The van der Waals surface area contributed by atoms with Gasteiger partial charge in [-0.05, 0) is 44.0 Å². The van der Waals surface area contributed by atoms with Crippen molar-refractivity contribution in [1.29, 1.82) is 0 Å². The Kier molecular flexibility index (Phi) is 3.47. The maximum atomic E-state index is 12.0. The second kappa shape index (κ2) is 4.63. The van der Waals surface area contributed by atoms with Crippen molar-refractivity contribution in [2.75, 3.05) is 0 Å². The molecule has 0 aromatic heterocycles. The first kappa shape index (κ1) is 13.5. The highest BCUT2D eigenvalue weighted by atomic mass is 35.5. The van der Waals surface area contributed by atoms with Gasteiger partial charge in [0.2, 0.25) is 0 Å². The summed E-state index contributed by atoms with van der Waals surface area (Å²) >= 11 is 12.1. The Morgan fingerprint density at radius 2 is 1.94 bits per heavy atom. The van der Waals surface area contributed by atoms with Gasteiger partial charge < -0.3 is 4.74 Å². The molecule has 2 rings (SSSR count). The number of halogens is 2. The Hall–Kier alpha value is -0.930. The Morgan fingerprint density at radius 1 is 1.28 bits per heavy atom. The van der Waals surface area contributed by atoms with Crippen LogP contribution < -0.4 is 0 Å². The first-order valence-corrected chi connectivity index (χ1v) is 6.46. The minimum absolute atomic E-state index is 0.328. The van der Waals surface area contributed by atoms with Crippen LogP contribution in [0.3, 0.4) is 0 Å². The van der Waals surface area contributed by atoms with Gasteiger partial charge in [-0.15, -0.1) is 0 Å².